The van der Waals surface area contributed by atoms with Gasteiger partial charge >= 0.3 is 0 Å². The minimum atomic E-state index is 0.176. The summed E-state index contributed by atoms with van der Waals surface area (Å²) in [6.45, 7) is 5.14. The first-order valence-electron chi connectivity index (χ1n) is 6.94. The molecule has 0 aromatic heterocycles. The Morgan fingerprint density at radius 3 is 2.53 bits per heavy atom. The van der Waals surface area contributed by atoms with Gasteiger partial charge in [-0.2, -0.15) is 0 Å². The highest BCUT2D eigenvalue weighted by atomic mass is 16.2. The SMILES string of the molecule is CC(C)C1CCCC(NCC(=O)N(C)C)CC1. The number of carbonyl (C=O) groups is 1. The summed E-state index contributed by atoms with van der Waals surface area (Å²) in [5.74, 6) is 1.86. The van der Waals surface area contributed by atoms with Crippen molar-refractivity contribution in [3.8, 4) is 0 Å². The molecular formula is C14H28N2O. The van der Waals surface area contributed by atoms with Crippen LogP contribution in [0.4, 0.5) is 0 Å². The topological polar surface area (TPSA) is 32.3 Å². The molecule has 3 nitrogen and oxygen atoms in total. The van der Waals surface area contributed by atoms with E-state index in [0.29, 0.717) is 12.6 Å². The van der Waals surface area contributed by atoms with Gasteiger partial charge in [0.05, 0.1) is 6.54 Å². The molecule has 1 rings (SSSR count). The molecule has 0 aromatic rings. The Morgan fingerprint density at radius 1 is 1.24 bits per heavy atom. The third-order valence-electron chi connectivity index (χ3n) is 4.00. The second-order valence-corrected chi connectivity index (χ2v) is 5.88. The van der Waals surface area contributed by atoms with Crippen LogP contribution in [-0.2, 0) is 4.79 Å². The molecule has 2 unspecified atom stereocenters. The quantitative estimate of drug-likeness (QED) is 0.765. The molecule has 3 heteroatoms. The fraction of sp³-hybridized carbons (Fsp3) is 0.929. The summed E-state index contributed by atoms with van der Waals surface area (Å²) in [6.07, 6.45) is 6.42. The van der Waals surface area contributed by atoms with E-state index in [1.165, 1.54) is 32.1 Å². The Kier molecular flexibility index (Phi) is 5.96. The second-order valence-electron chi connectivity index (χ2n) is 5.88. The van der Waals surface area contributed by atoms with Crippen molar-refractivity contribution in [1.82, 2.24) is 10.2 Å². The monoisotopic (exact) mass is 240 g/mol. The lowest BCUT2D eigenvalue weighted by Crippen LogP contribution is -2.38. The Labute approximate surface area is 106 Å². The first kappa shape index (κ1) is 14.5. The zero-order chi connectivity index (χ0) is 12.8. The normalized spacial score (nSPS) is 25.7. The number of carbonyl (C=O) groups excluding carboxylic acids is 1. The van der Waals surface area contributed by atoms with Crippen molar-refractivity contribution in [3.63, 3.8) is 0 Å². The van der Waals surface area contributed by atoms with Crippen molar-refractivity contribution in [3.05, 3.63) is 0 Å². The van der Waals surface area contributed by atoms with E-state index in [4.69, 9.17) is 0 Å². The van der Waals surface area contributed by atoms with E-state index in [1.807, 2.05) is 14.1 Å². The van der Waals surface area contributed by atoms with Gasteiger partial charge in [-0.1, -0.05) is 26.7 Å². The number of nitrogens with one attached hydrogen (secondary N) is 1. The van der Waals surface area contributed by atoms with Crippen molar-refractivity contribution in [2.24, 2.45) is 11.8 Å². The lowest BCUT2D eigenvalue weighted by molar-refractivity contribution is -0.127. The maximum absolute atomic E-state index is 11.5. The third-order valence-corrected chi connectivity index (χ3v) is 4.00. The van der Waals surface area contributed by atoms with E-state index in [-0.39, 0.29) is 5.91 Å². The fourth-order valence-electron chi connectivity index (χ4n) is 2.59. The van der Waals surface area contributed by atoms with E-state index >= 15 is 0 Å². The molecule has 0 heterocycles. The highest BCUT2D eigenvalue weighted by Gasteiger charge is 2.21. The van der Waals surface area contributed by atoms with Crippen molar-refractivity contribution in [2.75, 3.05) is 20.6 Å². The van der Waals surface area contributed by atoms with Crippen molar-refractivity contribution in [2.45, 2.75) is 52.0 Å². The molecule has 17 heavy (non-hydrogen) atoms. The minimum absolute atomic E-state index is 0.176. The molecule has 1 amide bonds. The van der Waals surface area contributed by atoms with Crippen LogP contribution >= 0.6 is 0 Å². The van der Waals surface area contributed by atoms with Gasteiger partial charge in [0.2, 0.25) is 5.91 Å². The molecule has 1 saturated carbocycles. The average molecular weight is 240 g/mol. The van der Waals surface area contributed by atoms with Gasteiger partial charge in [0, 0.05) is 20.1 Å². The van der Waals surface area contributed by atoms with Gasteiger partial charge in [0.15, 0.2) is 0 Å². The molecular weight excluding hydrogens is 212 g/mol. The molecule has 1 N–H and O–H groups in total. The van der Waals surface area contributed by atoms with Gasteiger partial charge < -0.3 is 10.2 Å². The fourth-order valence-corrected chi connectivity index (χ4v) is 2.59. The van der Waals surface area contributed by atoms with E-state index in [9.17, 15) is 4.79 Å². The summed E-state index contributed by atoms with van der Waals surface area (Å²) in [7, 11) is 3.62. The zero-order valence-corrected chi connectivity index (χ0v) is 11.8. The molecule has 100 valence electrons. The van der Waals surface area contributed by atoms with Crippen LogP contribution in [0.5, 0.6) is 0 Å². The number of likely N-dealkylation sites (N-methyl/N-ethyl adjacent to an activating group) is 1. The maximum Gasteiger partial charge on any atom is 0.236 e. The molecule has 1 fully saturated rings. The van der Waals surface area contributed by atoms with Crippen LogP contribution in [0, 0.1) is 11.8 Å². The lowest BCUT2D eigenvalue weighted by atomic mass is 9.89. The summed E-state index contributed by atoms with van der Waals surface area (Å²) in [6, 6.07) is 0.544. The molecule has 1 aliphatic carbocycles. The Morgan fingerprint density at radius 2 is 1.94 bits per heavy atom. The number of hydrogen-bond donors (Lipinski definition) is 1. The first-order chi connectivity index (χ1) is 8.00. The maximum atomic E-state index is 11.5. The van der Waals surface area contributed by atoms with E-state index < -0.39 is 0 Å². The molecule has 0 radical (unpaired) electrons. The molecule has 0 bridgehead atoms. The number of nitrogens with zero attached hydrogens (tertiary/aromatic N) is 1. The van der Waals surface area contributed by atoms with Crippen LogP contribution in [0.3, 0.4) is 0 Å². The summed E-state index contributed by atoms with van der Waals surface area (Å²) in [4.78, 5) is 13.2. The van der Waals surface area contributed by atoms with Crippen molar-refractivity contribution >= 4 is 5.91 Å². The van der Waals surface area contributed by atoms with Gasteiger partial charge in [-0.15, -0.1) is 0 Å². The van der Waals surface area contributed by atoms with Gasteiger partial charge in [-0.25, -0.2) is 0 Å². The third kappa shape index (κ3) is 5.07. The van der Waals surface area contributed by atoms with Gasteiger partial charge in [0.1, 0.15) is 0 Å². The Hall–Kier alpha value is -0.570. The van der Waals surface area contributed by atoms with Gasteiger partial charge in [0.25, 0.3) is 0 Å². The van der Waals surface area contributed by atoms with Crippen LogP contribution in [0.15, 0.2) is 0 Å². The van der Waals surface area contributed by atoms with Crippen molar-refractivity contribution in [1.29, 1.82) is 0 Å². The van der Waals surface area contributed by atoms with Crippen LogP contribution in [0.1, 0.15) is 46.0 Å². The summed E-state index contributed by atoms with van der Waals surface area (Å²) in [5.41, 5.74) is 0. The average Bonchev–Trinajstić information content (AvgIpc) is 2.50. The molecule has 0 saturated heterocycles. The van der Waals surface area contributed by atoms with Gasteiger partial charge in [-0.3, -0.25) is 4.79 Å². The molecule has 0 aromatic carbocycles. The standard InChI is InChI=1S/C14H28N2O/c1-11(2)12-6-5-7-13(9-8-12)15-10-14(17)16(3)4/h11-13,15H,5-10H2,1-4H3. The van der Waals surface area contributed by atoms with E-state index in [0.717, 1.165) is 11.8 Å². The zero-order valence-electron chi connectivity index (χ0n) is 11.8. The van der Waals surface area contributed by atoms with E-state index in [2.05, 4.69) is 19.2 Å². The second kappa shape index (κ2) is 7.00. The summed E-state index contributed by atoms with van der Waals surface area (Å²) >= 11 is 0. The van der Waals surface area contributed by atoms with Gasteiger partial charge in [-0.05, 0) is 31.1 Å². The van der Waals surface area contributed by atoms with Crippen LogP contribution in [-0.4, -0.2) is 37.5 Å². The van der Waals surface area contributed by atoms with Crippen LogP contribution in [0.2, 0.25) is 0 Å². The molecule has 0 spiro atoms. The highest BCUT2D eigenvalue weighted by molar-refractivity contribution is 5.77. The predicted octanol–water partition coefficient (Wildman–Crippen LogP) is 2.27. The minimum Gasteiger partial charge on any atom is -0.348 e. The summed E-state index contributed by atoms with van der Waals surface area (Å²) in [5, 5.41) is 3.41. The Bertz CT molecular complexity index is 238. The molecule has 1 aliphatic rings. The molecule has 0 aliphatic heterocycles. The number of rotatable bonds is 4. The van der Waals surface area contributed by atoms with E-state index in [1.54, 1.807) is 4.90 Å². The predicted molar refractivity (Wildman–Crippen MR) is 71.9 cm³/mol. The number of hydrogen-bond acceptors (Lipinski definition) is 2. The smallest absolute Gasteiger partial charge is 0.236 e. The summed E-state index contributed by atoms with van der Waals surface area (Å²) < 4.78 is 0. The van der Waals surface area contributed by atoms with Crippen LogP contribution in [0.25, 0.3) is 0 Å². The number of amides is 1. The lowest BCUT2D eigenvalue weighted by Gasteiger charge is -2.19. The highest BCUT2D eigenvalue weighted by Crippen LogP contribution is 2.28. The largest absolute Gasteiger partial charge is 0.348 e. The Balaban J connectivity index is 2.29. The molecule has 2 atom stereocenters. The van der Waals surface area contributed by atoms with Crippen molar-refractivity contribution < 1.29 is 4.79 Å². The van der Waals surface area contributed by atoms with Crippen LogP contribution < -0.4 is 5.32 Å². The first-order valence-corrected chi connectivity index (χ1v) is 6.94.